The topological polar surface area (TPSA) is 107 Å². The predicted molar refractivity (Wildman–Crippen MR) is 162 cm³/mol. The molecular formula is C31H47NaO7S. The number of ether oxygens (including phenoxy) is 2. The Morgan fingerprint density at radius 3 is 1.55 bits per heavy atom. The van der Waals surface area contributed by atoms with Crippen LogP contribution in [0.5, 0.6) is 0 Å². The van der Waals surface area contributed by atoms with Gasteiger partial charge < -0.3 is 9.47 Å². The van der Waals surface area contributed by atoms with Gasteiger partial charge in [-0.1, -0.05) is 114 Å². The molecule has 1 N–H and O–H groups in total. The van der Waals surface area contributed by atoms with Gasteiger partial charge in [0.2, 0.25) is 0 Å². The molecule has 0 aromatic heterocycles. The molecule has 0 heterocycles. The van der Waals surface area contributed by atoms with E-state index in [1.807, 2.05) is 18.2 Å². The summed E-state index contributed by atoms with van der Waals surface area (Å²) in [5, 5.41) is 0. The van der Waals surface area contributed by atoms with Gasteiger partial charge in [-0.25, -0.2) is 9.59 Å². The van der Waals surface area contributed by atoms with E-state index in [0.717, 1.165) is 69.9 Å². The molecule has 0 unspecified atom stereocenters. The quantitative estimate of drug-likeness (QED) is 0.0896. The predicted octanol–water partition coefficient (Wildman–Crippen LogP) is 7.31. The van der Waals surface area contributed by atoms with Gasteiger partial charge in [-0.3, -0.25) is 4.55 Å². The monoisotopic (exact) mass is 586 g/mol. The molecule has 40 heavy (non-hydrogen) atoms. The first-order chi connectivity index (χ1) is 18.7. The van der Waals surface area contributed by atoms with E-state index in [-0.39, 0.29) is 53.9 Å². The molecule has 2 aromatic rings. The van der Waals surface area contributed by atoms with Gasteiger partial charge >= 0.3 is 41.5 Å². The summed E-state index contributed by atoms with van der Waals surface area (Å²) >= 11 is 0. The van der Waals surface area contributed by atoms with Crippen LogP contribution in [0.4, 0.5) is 0 Å². The number of rotatable bonds is 17. The summed E-state index contributed by atoms with van der Waals surface area (Å²) in [5.74, 6) is -1.53. The zero-order chi connectivity index (χ0) is 28.9. The molecule has 0 fully saturated rings. The molecule has 0 aliphatic carbocycles. The molecule has 9 heteroatoms. The number of esters is 2. The van der Waals surface area contributed by atoms with E-state index < -0.39 is 27.0 Å². The molecule has 220 valence electrons. The van der Waals surface area contributed by atoms with Crippen LogP contribution in [0.25, 0.3) is 0 Å². The Morgan fingerprint density at radius 1 is 0.675 bits per heavy atom. The molecule has 0 atom stereocenters. The summed E-state index contributed by atoms with van der Waals surface area (Å²) in [6, 6.07) is 13.5. The van der Waals surface area contributed by atoms with Gasteiger partial charge in [0.15, 0.2) is 0 Å². The van der Waals surface area contributed by atoms with E-state index in [4.69, 9.17) is 9.47 Å². The van der Waals surface area contributed by atoms with Crippen LogP contribution in [0, 0.1) is 6.92 Å². The van der Waals surface area contributed by atoms with Crippen LogP contribution in [0.15, 0.2) is 53.4 Å². The van der Waals surface area contributed by atoms with Gasteiger partial charge in [-0.15, -0.1) is 0 Å². The van der Waals surface area contributed by atoms with Crippen molar-refractivity contribution in [2.45, 2.75) is 103 Å². The number of hydrogen-bond acceptors (Lipinski definition) is 6. The van der Waals surface area contributed by atoms with E-state index in [9.17, 15) is 22.6 Å². The summed E-state index contributed by atoms with van der Waals surface area (Å²) < 4.78 is 42.8. The minimum atomic E-state index is -4.53. The second kappa shape index (κ2) is 22.9. The molecule has 0 saturated heterocycles. The van der Waals surface area contributed by atoms with E-state index in [1.54, 1.807) is 0 Å². The normalized spacial score (nSPS) is 10.6. The Morgan fingerprint density at radius 2 is 1.12 bits per heavy atom. The summed E-state index contributed by atoms with van der Waals surface area (Å²) in [4.78, 5) is 24.6. The second-order valence-electron chi connectivity index (χ2n) is 9.64. The van der Waals surface area contributed by atoms with Gasteiger partial charge in [-0.05, 0) is 38.0 Å². The van der Waals surface area contributed by atoms with Crippen LogP contribution in [0.2, 0.25) is 0 Å². The van der Waals surface area contributed by atoms with Crippen molar-refractivity contribution in [3.63, 3.8) is 0 Å². The maximum absolute atomic E-state index is 12.6. The number of aryl methyl sites for hydroxylation is 1. The molecular weight excluding hydrogens is 539 g/mol. The van der Waals surface area contributed by atoms with Crippen molar-refractivity contribution < 1.29 is 32.0 Å². The summed E-state index contributed by atoms with van der Waals surface area (Å²) in [6.45, 7) is 6.76. The van der Waals surface area contributed by atoms with E-state index >= 15 is 0 Å². The van der Waals surface area contributed by atoms with Crippen molar-refractivity contribution in [2.24, 2.45) is 0 Å². The van der Waals surface area contributed by atoms with Crippen molar-refractivity contribution in [2.75, 3.05) is 13.2 Å². The minimum absolute atomic E-state index is 0. The number of hydrogen-bond donors (Lipinski definition) is 1. The standard InChI is InChI=1S/C24H38O7S.C7H8.Na.H/c1-3-5-7-9-11-13-17-30-23(25)21-16-15-20(32(27,28)29)19-22(21)24(26)31-18-14-12-10-8-6-4-2;1-7-5-3-2-4-6-7;;/h15-16,19H,3-14,17-18H2,1-2H3,(H,27,28,29);2-6H,1H3;;. The average molecular weight is 587 g/mol. The van der Waals surface area contributed by atoms with Gasteiger partial charge in [-0.2, -0.15) is 8.42 Å². The van der Waals surface area contributed by atoms with Crippen LogP contribution in [-0.2, 0) is 19.6 Å². The molecule has 0 aliphatic heterocycles. The van der Waals surface area contributed by atoms with E-state index in [1.165, 1.54) is 24.5 Å². The zero-order valence-corrected chi connectivity index (χ0v) is 24.6. The third-order valence-electron chi connectivity index (χ3n) is 6.13. The Hall–Kier alpha value is -1.71. The van der Waals surface area contributed by atoms with Gasteiger partial charge in [0.25, 0.3) is 10.1 Å². The fourth-order valence-corrected chi connectivity index (χ4v) is 4.32. The van der Waals surface area contributed by atoms with Crippen molar-refractivity contribution in [3.05, 3.63) is 65.2 Å². The van der Waals surface area contributed by atoms with Crippen LogP contribution >= 0.6 is 0 Å². The fourth-order valence-electron chi connectivity index (χ4n) is 3.82. The number of carbonyl (C=O) groups excluding carboxylic acids is 2. The summed E-state index contributed by atoms with van der Waals surface area (Å²) in [7, 11) is -4.53. The SMILES string of the molecule is CCCCCCCCOC(=O)c1ccc(S(=O)(=O)O)cc1C(=O)OCCCCCCCC.Cc1ccccc1.[NaH]. The molecule has 7 nitrogen and oxygen atoms in total. The van der Waals surface area contributed by atoms with Crippen molar-refractivity contribution in [3.8, 4) is 0 Å². The van der Waals surface area contributed by atoms with Gasteiger partial charge in [0, 0.05) is 0 Å². The van der Waals surface area contributed by atoms with E-state index in [2.05, 4.69) is 32.9 Å². The van der Waals surface area contributed by atoms with Gasteiger partial charge in [0.1, 0.15) is 0 Å². The number of carbonyl (C=O) groups is 2. The maximum atomic E-state index is 12.6. The third-order valence-corrected chi connectivity index (χ3v) is 6.98. The molecule has 0 bridgehead atoms. The molecule has 2 aromatic carbocycles. The molecule has 0 amide bonds. The zero-order valence-electron chi connectivity index (χ0n) is 23.8. The molecule has 0 saturated carbocycles. The van der Waals surface area contributed by atoms with Crippen LogP contribution in [-0.4, -0.2) is 67.7 Å². The average Bonchev–Trinajstić information content (AvgIpc) is 2.91. The Labute approximate surface area is 263 Å². The number of unbranched alkanes of at least 4 members (excludes halogenated alkanes) is 10. The molecule has 2 rings (SSSR count). The summed E-state index contributed by atoms with van der Waals surface area (Å²) in [6.07, 6.45) is 12.4. The Balaban J connectivity index is 0.00000164. The van der Waals surface area contributed by atoms with Crippen LogP contribution < -0.4 is 0 Å². The fraction of sp³-hybridized carbons (Fsp3) is 0.548. The first-order valence-corrected chi connectivity index (χ1v) is 15.6. The van der Waals surface area contributed by atoms with Gasteiger partial charge in [0.05, 0.1) is 29.2 Å². The molecule has 0 radical (unpaired) electrons. The Kier molecular flexibility index (Phi) is 21.9. The molecule has 0 spiro atoms. The summed E-state index contributed by atoms with van der Waals surface area (Å²) in [5.41, 5.74) is 1.03. The second-order valence-corrected chi connectivity index (χ2v) is 11.1. The Bertz CT molecular complexity index is 1070. The van der Waals surface area contributed by atoms with Crippen molar-refractivity contribution in [1.82, 2.24) is 0 Å². The molecule has 0 aliphatic rings. The van der Waals surface area contributed by atoms with Crippen LogP contribution in [0.1, 0.15) is 117 Å². The number of benzene rings is 2. The van der Waals surface area contributed by atoms with Crippen LogP contribution in [0.3, 0.4) is 0 Å². The third kappa shape index (κ3) is 17.2. The van der Waals surface area contributed by atoms with E-state index in [0.29, 0.717) is 6.42 Å². The first-order valence-electron chi connectivity index (χ1n) is 14.2. The van der Waals surface area contributed by atoms with Crippen molar-refractivity contribution in [1.29, 1.82) is 0 Å². The first kappa shape index (κ1) is 38.3. The van der Waals surface area contributed by atoms with Crippen molar-refractivity contribution >= 4 is 51.6 Å².